The van der Waals surface area contributed by atoms with Gasteiger partial charge in [0.05, 0.1) is 19.6 Å². The van der Waals surface area contributed by atoms with E-state index in [4.69, 9.17) is 14.2 Å². The average Bonchev–Trinajstić information content (AvgIpc) is 2.95. The molecule has 0 radical (unpaired) electrons. The maximum Gasteiger partial charge on any atom is 0.407 e. The van der Waals surface area contributed by atoms with Crippen molar-refractivity contribution >= 4 is 18.0 Å². The van der Waals surface area contributed by atoms with Crippen LogP contribution in [-0.2, 0) is 38.7 Å². The molecule has 0 spiro atoms. The average molecular weight is 521 g/mol. The van der Waals surface area contributed by atoms with Gasteiger partial charge in [-0.1, -0.05) is 72.8 Å². The molecule has 3 aromatic carbocycles. The minimum absolute atomic E-state index is 0.0875. The van der Waals surface area contributed by atoms with E-state index < -0.39 is 30.1 Å². The molecule has 3 N–H and O–H groups in total. The van der Waals surface area contributed by atoms with Gasteiger partial charge in [-0.2, -0.15) is 0 Å². The minimum atomic E-state index is -1.17. The van der Waals surface area contributed by atoms with Crippen molar-refractivity contribution in [2.24, 2.45) is 0 Å². The zero-order valence-electron chi connectivity index (χ0n) is 21.2. The quantitative estimate of drug-likeness (QED) is 0.296. The lowest BCUT2D eigenvalue weighted by molar-refractivity contribution is -0.145. The predicted molar refractivity (Wildman–Crippen MR) is 140 cm³/mol. The lowest BCUT2D eigenvalue weighted by atomic mass is 10.1. The van der Waals surface area contributed by atoms with Gasteiger partial charge >= 0.3 is 12.1 Å². The van der Waals surface area contributed by atoms with Crippen molar-refractivity contribution in [1.82, 2.24) is 10.6 Å². The van der Waals surface area contributed by atoms with Gasteiger partial charge in [-0.05, 0) is 28.8 Å². The predicted octanol–water partition coefficient (Wildman–Crippen LogP) is 3.14. The molecule has 9 heteroatoms. The number of rotatable bonds is 13. The van der Waals surface area contributed by atoms with Crippen LogP contribution in [0.4, 0.5) is 4.79 Å². The number of carbonyl (C=O) groups is 3. The van der Waals surface area contributed by atoms with Crippen LogP contribution in [0.15, 0.2) is 84.9 Å². The Morgan fingerprint density at radius 1 is 0.816 bits per heavy atom. The van der Waals surface area contributed by atoms with E-state index >= 15 is 0 Å². The number of nitrogens with one attached hydrogen (secondary N) is 2. The summed E-state index contributed by atoms with van der Waals surface area (Å²) in [5.74, 6) is -0.496. The van der Waals surface area contributed by atoms with E-state index in [1.54, 1.807) is 12.1 Å². The lowest BCUT2D eigenvalue weighted by Crippen LogP contribution is -2.45. The summed E-state index contributed by atoms with van der Waals surface area (Å²) in [5, 5.41) is 15.2. The fourth-order valence-electron chi connectivity index (χ4n) is 3.55. The molecule has 0 aliphatic carbocycles. The van der Waals surface area contributed by atoms with Crippen LogP contribution >= 0.6 is 0 Å². The molecule has 38 heavy (non-hydrogen) atoms. The Kier molecular flexibility index (Phi) is 11.1. The van der Waals surface area contributed by atoms with Crippen LogP contribution < -0.4 is 15.4 Å². The van der Waals surface area contributed by atoms with Gasteiger partial charge in [-0.25, -0.2) is 9.59 Å². The fraction of sp³-hybridized carbons (Fsp3) is 0.276. The van der Waals surface area contributed by atoms with Crippen molar-refractivity contribution in [3.05, 3.63) is 102 Å². The Morgan fingerprint density at radius 2 is 1.42 bits per heavy atom. The second kappa shape index (κ2) is 15.0. The third-order valence-electron chi connectivity index (χ3n) is 5.55. The molecule has 0 unspecified atom stereocenters. The number of methoxy groups -OCH3 is 1. The third-order valence-corrected chi connectivity index (χ3v) is 5.55. The van der Waals surface area contributed by atoms with E-state index in [0.29, 0.717) is 12.4 Å². The van der Waals surface area contributed by atoms with Gasteiger partial charge in [0.15, 0.2) is 0 Å². The van der Waals surface area contributed by atoms with Crippen molar-refractivity contribution in [1.29, 1.82) is 0 Å². The molecule has 0 bridgehead atoms. The molecule has 2 amide bonds. The minimum Gasteiger partial charge on any atom is -0.489 e. The summed E-state index contributed by atoms with van der Waals surface area (Å²) in [6.07, 6.45) is -2.01. The number of hydrogen-bond donors (Lipinski definition) is 3. The number of alkyl carbamates (subject to hydrolysis) is 1. The third kappa shape index (κ3) is 9.94. The normalized spacial score (nSPS) is 12.1. The highest BCUT2D eigenvalue weighted by atomic mass is 16.5. The monoisotopic (exact) mass is 520 g/mol. The van der Waals surface area contributed by atoms with E-state index in [1.165, 1.54) is 7.11 Å². The molecule has 3 aromatic rings. The van der Waals surface area contributed by atoms with Crippen LogP contribution in [0.1, 0.15) is 23.1 Å². The summed E-state index contributed by atoms with van der Waals surface area (Å²) in [6, 6.07) is 25.2. The summed E-state index contributed by atoms with van der Waals surface area (Å²) in [7, 11) is 1.24. The smallest absolute Gasteiger partial charge is 0.407 e. The van der Waals surface area contributed by atoms with Gasteiger partial charge in [0, 0.05) is 13.0 Å². The number of esters is 1. The van der Waals surface area contributed by atoms with Crippen LogP contribution in [0.25, 0.3) is 0 Å². The molecule has 2 atom stereocenters. The van der Waals surface area contributed by atoms with Gasteiger partial charge in [-0.15, -0.1) is 0 Å². The number of ether oxygens (including phenoxy) is 3. The molecule has 0 aliphatic heterocycles. The lowest BCUT2D eigenvalue weighted by Gasteiger charge is -2.18. The van der Waals surface area contributed by atoms with Gasteiger partial charge < -0.3 is 30.0 Å². The van der Waals surface area contributed by atoms with Gasteiger partial charge in [0.25, 0.3) is 0 Å². The first-order valence-electron chi connectivity index (χ1n) is 12.2. The summed E-state index contributed by atoms with van der Waals surface area (Å²) in [5.41, 5.74) is 2.66. The van der Waals surface area contributed by atoms with Crippen molar-refractivity contribution in [2.45, 2.75) is 38.2 Å². The van der Waals surface area contributed by atoms with Gasteiger partial charge in [0.1, 0.15) is 25.0 Å². The van der Waals surface area contributed by atoms with E-state index in [9.17, 15) is 19.5 Å². The Labute approximate surface area is 221 Å². The van der Waals surface area contributed by atoms with Gasteiger partial charge in [-0.3, -0.25) is 4.79 Å². The highest BCUT2D eigenvalue weighted by Gasteiger charge is 2.23. The summed E-state index contributed by atoms with van der Waals surface area (Å²) >= 11 is 0. The number of benzene rings is 3. The molecule has 0 fully saturated rings. The van der Waals surface area contributed by atoms with Crippen molar-refractivity contribution in [3.8, 4) is 5.75 Å². The van der Waals surface area contributed by atoms with E-state index in [1.807, 2.05) is 72.8 Å². The Bertz CT molecular complexity index is 1150. The largest absolute Gasteiger partial charge is 0.489 e. The standard InChI is InChI=1S/C29H32N2O7/c1-36-28(34)26(16-21-12-14-25(15-13-21)37-19-22-8-4-2-5-9-22)31-27(33)17-24(32)18-30-29(35)38-20-23-10-6-3-7-11-23/h2-15,24,26,32H,16-20H2,1H3,(H,30,35)(H,31,33)/t24-,26+/m1/s1. The van der Waals surface area contributed by atoms with Crippen LogP contribution in [0.5, 0.6) is 5.75 Å². The number of aliphatic hydroxyl groups excluding tert-OH is 1. The molecule has 3 rings (SSSR count). The Morgan fingerprint density at radius 3 is 2.03 bits per heavy atom. The second-order valence-electron chi connectivity index (χ2n) is 8.57. The van der Waals surface area contributed by atoms with Crippen LogP contribution in [0.3, 0.4) is 0 Å². The summed E-state index contributed by atoms with van der Waals surface area (Å²) in [6.45, 7) is 0.335. The topological polar surface area (TPSA) is 123 Å². The SMILES string of the molecule is COC(=O)[C@H](Cc1ccc(OCc2ccccc2)cc1)NC(=O)C[C@@H](O)CNC(=O)OCc1ccccc1. The van der Waals surface area contributed by atoms with Crippen LogP contribution in [0.2, 0.25) is 0 Å². The molecular formula is C29H32N2O7. The Balaban J connectivity index is 1.43. The maximum atomic E-state index is 12.5. The number of carbonyl (C=O) groups excluding carboxylic acids is 3. The highest BCUT2D eigenvalue weighted by molar-refractivity contribution is 5.85. The number of aliphatic hydroxyl groups is 1. The first-order chi connectivity index (χ1) is 18.4. The Hall–Kier alpha value is -4.37. The fourth-order valence-corrected chi connectivity index (χ4v) is 3.55. The van der Waals surface area contributed by atoms with Crippen molar-refractivity contribution in [3.63, 3.8) is 0 Å². The van der Waals surface area contributed by atoms with Crippen molar-refractivity contribution < 1.29 is 33.7 Å². The first-order valence-corrected chi connectivity index (χ1v) is 12.2. The molecular weight excluding hydrogens is 488 g/mol. The molecule has 0 aliphatic rings. The molecule has 200 valence electrons. The summed E-state index contributed by atoms with van der Waals surface area (Å²) in [4.78, 5) is 36.6. The van der Waals surface area contributed by atoms with E-state index in [0.717, 1.165) is 16.7 Å². The number of hydrogen-bond acceptors (Lipinski definition) is 7. The van der Waals surface area contributed by atoms with Gasteiger partial charge in [0.2, 0.25) is 5.91 Å². The zero-order chi connectivity index (χ0) is 27.2. The van der Waals surface area contributed by atoms with Crippen LogP contribution in [0, 0.1) is 0 Å². The van der Waals surface area contributed by atoms with Crippen molar-refractivity contribution in [2.75, 3.05) is 13.7 Å². The van der Waals surface area contributed by atoms with E-state index in [-0.39, 0.29) is 26.0 Å². The molecule has 0 aromatic heterocycles. The first kappa shape index (κ1) is 28.2. The maximum absolute atomic E-state index is 12.5. The van der Waals surface area contributed by atoms with E-state index in [2.05, 4.69) is 10.6 Å². The second-order valence-corrected chi connectivity index (χ2v) is 8.57. The summed E-state index contributed by atoms with van der Waals surface area (Å²) < 4.78 is 15.7. The molecule has 0 saturated heterocycles. The molecule has 0 saturated carbocycles. The van der Waals surface area contributed by atoms with Crippen LogP contribution in [-0.4, -0.2) is 48.9 Å². The molecule has 9 nitrogen and oxygen atoms in total. The zero-order valence-corrected chi connectivity index (χ0v) is 21.2. The number of amides is 2. The highest BCUT2D eigenvalue weighted by Crippen LogP contribution is 2.16. The molecule has 0 heterocycles.